The molecule has 0 bridgehead atoms. The SMILES string of the molecule is Cc1occc1C(=O)N(CCC(=O)NCc1ccco1)Cc1ccco1. The van der Waals surface area contributed by atoms with Crippen molar-refractivity contribution < 1.29 is 22.8 Å². The molecule has 0 aromatic carbocycles. The van der Waals surface area contributed by atoms with E-state index < -0.39 is 0 Å². The lowest BCUT2D eigenvalue weighted by atomic mass is 10.2. The predicted octanol–water partition coefficient (Wildman–Crippen LogP) is 3.12. The van der Waals surface area contributed by atoms with Crippen LogP contribution in [0.3, 0.4) is 0 Å². The lowest BCUT2D eigenvalue weighted by molar-refractivity contribution is -0.121. The Morgan fingerprint density at radius 1 is 1.00 bits per heavy atom. The first-order chi connectivity index (χ1) is 12.6. The molecule has 0 aliphatic heterocycles. The van der Waals surface area contributed by atoms with Gasteiger partial charge in [0.25, 0.3) is 5.91 Å². The highest BCUT2D eigenvalue weighted by Gasteiger charge is 2.21. The molecular formula is C19H20N2O5. The van der Waals surface area contributed by atoms with Crippen molar-refractivity contribution >= 4 is 11.8 Å². The zero-order valence-electron chi connectivity index (χ0n) is 14.4. The maximum absolute atomic E-state index is 12.8. The molecule has 3 aromatic rings. The van der Waals surface area contributed by atoms with Crippen molar-refractivity contribution in [2.75, 3.05) is 6.54 Å². The number of nitrogens with one attached hydrogen (secondary N) is 1. The summed E-state index contributed by atoms with van der Waals surface area (Å²) in [6.07, 6.45) is 4.75. The van der Waals surface area contributed by atoms with Gasteiger partial charge in [-0.15, -0.1) is 0 Å². The molecule has 7 heteroatoms. The van der Waals surface area contributed by atoms with E-state index in [0.717, 1.165) is 0 Å². The van der Waals surface area contributed by atoms with Crippen LogP contribution in [0, 0.1) is 6.92 Å². The predicted molar refractivity (Wildman–Crippen MR) is 92.1 cm³/mol. The number of aryl methyl sites for hydroxylation is 1. The zero-order valence-corrected chi connectivity index (χ0v) is 14.4. The van der Waals surface area contributed by atoms with Crippen LogP contribution in [0.15, 0.2) is 62.4 Å². The highest BCUT2D eigenvalue weighted by molar-refractivity contribution is 5.95. The molecule has 3 heterocycles. The summed E-state index contributed by atoms with van der Waals surface area (Å²) in [7, 11) is 0. The van der Waals surface area contributed by atoms with E-state index in [9.17, 15) is 9.59 Å². The Bertz CT molecular complexity index is 833. The molecule has 0 aliphatic rings. The lowest BCUT2D eigenvalue weighted by Gasteiger charge is -2.21. The molecular weight excluding hydrogens is 336 g/mol. The van der Waals surface area contributed by atoms with E-state index in [2.05, 4.69) is 5.32 Å². The Morgan fingerprint density at radius 2 is 1.73 bits per heavy atom. The largest absolute Gasteiger partial charge is 0.469 e. The quantitative estimate of drug-likeness (QED) is 0.670. The molecule has 7 nitrogen and oxygen atoms in total. The van der Waals surface area contributed by atoms with Crippen LogP contribution < -0.4 is 5.32 Å². The highest BCUT2D eigenvalue weighted by Crippen LogP contribution is 2.15. The third kappa shape index (κ3) is 4.44. The van der Waals surface area contributed by atoms with E-state index in [0.29, 0.717) is 29.4 Å². The molecule has 0 unspecified atom stereocenters. The van der Waals surface area contributed by atoms with Gasteiger partial charge >= 0.3 is 0 Å². The monoisotopic (exact) mass is 356 g/mol. The minimum atomic E-state index is -0.202. The topological polar surface area (TPSA) is 88.8 Å². The number of nitrogens with zero attached hydrogens (tertiary/aromatic N) is 1. The summed E-state index contributed by atoms with van der Waals surface area (Å²) in [6.45, 7) is 2.59. The van der Waals surface area contributed by atoms with E-state index in [1.54, 1.807) is 54.7 Å². The van der Waals surface area contributed by atoms with Gasteiger partial charge in [0.15, 0.2) is 0 Å². The highest BCUT2D eigenvalue weighted by atomic mass is 16.3. The van der Waals surface area contributed by atoms with Crippen LogP contribution in [0.4, 0.5) is 0 Å². The van der Waals surface area contributed by atoms with E-state index in [4.69, 9.17) is 13.3 Å². The summed E-state index contributed by atoms with van der Waals surface area (Å²) in [6, 6.07) is 8.73. The van der Waals surface area contributed by atoms with Gasteiger partial charge in [-0.2, -0.15) is 0 Å². The van der Waals surface area contributed by atoms with Crippen molar-refractivity contribution in [3.8, 4) is 0 Å². The summed E-state index contributed by atoms with van der Waals surface area (Å²) in [5.74, 6) is 1.50. The first-order valence-corrected chi connectivity index (χ1v) is 8.28. The van der Waals surface area contributed by atoms with Crippen molar-refractivity contribution in [3.05, 3.63) is 72.0 Å². The van der Waals surface area contributed by atoms with E-state index in [-0.39, 0.29) is 31.3 Å². The number of carbonyl (C=O) groups excluding carboxylic acids is 2. The van der Waals surface area contributed by atoms with E-state index in [1.165, 1.54) is 6.26 Å². The van der Waals surface area contributed by atoms with Crippen LogP contribution in [-0.4, -0.2) is 23.3 Å². The maximum atomic E-state index is 12.8. The van der Waals surface area contributed by atoms with Gasteiger partial charge in [-0.3, -0.25) is 9.59 Å². The summed E-state index contributed by atoms with van der Waals surface area (Å²) in [4.78, 5) is 26.4. The molecule has 26 heavy (non-hydrogen) atoms. The van der Waals surface area contributed by atoms with Gasteiger partial charge in [0.1, 0.15) is 17.3 Å². The number of amides is 2. The summed E-state index contributed by atoms with van der Waals surface area (Å²) < 4.78 is 15.7. The minimum absolute atomic E-state index is 0.164. The normalized spacial score (nSPS) is 10.7. The first-order valence-electron chi connectivity index (χ1n) is 8.28. The van der Waals surface area contributed by atoms with Crippen molar-refractivity contribution in [1.82, 2.24) is 10.2 Å². The van der Waals surface area contributed by atoms with Crippen molar-refractivity contribution in [1.29, 1.82) is 0 Å². The van der Waals surface area contributed by atoms with Crippen molar-refractivity contribution in [3.63, 3.8) is 0 Å². The van der Waals surface area contributed by atoms with E-state index in [1.807, 2.05) is 0 Å². The third-order valence-corrected chi connectivity index (χ3v) is 3.95. The second-order valence-electron chi connectivity index (χ2n) is 5.80. The fraction of sp³-hybridized carbons (Fsp3) is 0.263. The Morgan fingerprint density at radius 3 is 2.35 bits per heavy atom. The van der Waals surface area contributed by atoms with E-state index >= 15 is 0 Å². The number of hydrogen-bond acceptors (Lipinski definition) is 5. The first kappa shape index (κ1) is 17.6. The van der Waals surface area contributed by atoms with Gasteiger partial charge < -0.3 is 23.5 Å². The fourth-order valence-electron chi connectivity index (χ4n) is 2.54. The molecule has 0 saturated heterocycles. The molecule has 1 N–H and O–H groups in total. The standard InChI is InChI=1S/C19H20N2O5/c1-14-17(7-11-24-14)19(23)21(13-16-5-3-10-26-16)8-6-18(22)20-12-15-4-2-9-25-15/h2-5,7,9-11H,6,8,12-13H2,1H3,(H,20,22). The van der Waals surface area contributed by atoms with Crippen molar-refractivity contribution in [2.24, 2.45) is 0 Å². The van der Waals surface area contributed by atoms with Gasteiger partial charge in [0, 0.05) is 13.0 Å². The second-order valence-corrected chi connectivity index (χ2v) is 5.80. The molecule has 0 saturated carbocycles. The van der Waals surface area contributed by atoms with Crippen molar-refractivity contribution in [2.45, 2.75) is 26.4 Å². The second kappa shape index (κ2) is 8.24. The van der Waals surface area contributed by atoms with Crippen LogP contribution >= 0.6 is 0 Å². The van der Waals surface area contributed by atoms with Gasteiger partial charge in [0.05, 0.1) is 37.4 Å². The van der Waals surface area contributed by atoms with Crippen LogP contribution in [0.1, 0.15) is 34.1 Å². The average molecular weight is 356 g/mol. The fourth-order valence-corrected chi connectivity index (χ4v) is 2.54. The van der Waals surface area contributed by atoms with Gasteiger partial charge in [-0.05, 0) is 37.3 Å². The number of rotatable bonds is 8. The minimum Gasteiger partial charge on any atom is -0.469 e. The van der Waals surface area contributed by atoms with Gasteiger partial charge in [-0.1, -0.05) is 0 Å². The summed E-state index contributed by atoms with van der Waals surface area (Å²) in [5.41, 5.74) is 0.479. The van der Waals surface area contributed by atoms with Crippen LogP contribution in [0.5, 0.6) is 0 Å². The number of hydrogen-bond donors (Lipinski definition) is 1. The van der Waals surface area contributed by atoms with Gasteiger partial charge in [-0.25, -0.2) is 0 Å². The molecule has 3 rings (SSSR count). The molecule has 0 spiro atoms. The van der Waals surface area contributed by atoms with Crippen LogP contribution in [0.25, 0.3) is 0 Å². The van der Waals surface area contributed by atoms with Crippen LogP contribution in [-0.2, 0) is 17.9 Å². The smallest absolute Gasteiger partial charge is 0.257 e. The third-order valence-electron chi connectivity index (χ3n) is 3.95. The molecule has 136 valence electrons. The Hall–Kier alpha value is -3.22. The molecule has 0 aliphatic carbocycles. The number of furan rings is 3. The molecule has 0 fully saturated rings. The van der Waals surface area contributed by atoms with Crippen LogP contribution in [0.2, 0.25) is 0 Å². The molecule has 0 radical (unpaired) electrons. The Labute approximate surface area is 150 Å². The zero-order chi connectivity index (χ0) is 18.4. The molecule has 2 amide bonds. The average Bonchev–Trinajstić information content (AvgIpc) is 3.38. The summed E-state index contributed by atoms with van der Waals surface area (Å²) >= 11 is 0. The summed E-state index contributed by atoms with van der Waals surface area (Å²) in [5, 5.41) is 2.77. The molecule has 3 aromatic heterocycles. The number of carbonyl (C=O) groups is 2. The Balaban J connectivity index is 1.60. The van der Waals surface area contributed by atoms with Gasteiger partial charge in [0.2, 0.25) is 5.91 Å². The molecule has 0 atom stereocenters. The maximum Gasteiger partial charge on any atom is 0.257 e. The Kier molecular flexibility index (Phi) is 5.58. The lowest BCUT2D eigenvalue weighted by Crippen LogP contribution is -2.34.